The summed E-state index contributed by atoms with van der Waals surface area (Å²) >= 11 is 0. The van der Waals surface area contributed by atoms with Crippen molar-refractivity contribution in [3.8, 4) is 11.8 Å². The average molecular weight is 175 g/mol. The van der Waals surface area contributed by atoms with Gasteiger partial charge in [0, 0.05) is 12.3 Å². The topological polar surface area (TPSA) is 71.9 Å². The Kier molecular flexibility index (Phi) is 2.87. The van der Waals surface area contributed by atoms with Crippen LogP contribution in [0, 0.1) is 11.3 Å². The van der Waals surface area contributed by atoms with Gasteiger partial charge in [0.25, 0.3) is 0 Å². The van der Waals surface area contributed by atoms with Crippen LogP contribution in [0.3, 0.4) is 0 Å². The largest absolute Gasteiger partial charge is 0.493 e. The van der Waals surface area contributed by atoms with E-state index in [0.29, 0.717) is 11.6 Å². The van der Waals surface area contributed by atoms with Crippen LogP contribution < -0.4 is 10.5 Å². The number of nitrogens with zero attached hydrogens (tertiary/aromatic N) is 2. The minimum atomic E-state index is 0.344. The molecule has 0 amide bonds. The lowest BCUT2D eigenvalue weighted by molar-refractivity contribution is 0.415. The maximum atomic E-state index is 8.30. The number of anilines is 1. The van der Waals surface area contributed by atoms with Gasteiger partial charge >= 0.3 is 0 Å². The molecule has 0 aliphatic heterocycles. The van der Waals surface area contributed by atoms with E-state index in [1.54, 1.807) is 18.3 Å². The Morgan fingerprint density at radius 1 is 1.69 bits per heavy atom. The van der Waals surface area contributed by atoms with Gasteiger partial charge in [-0.15, -0.1) is 0 Å². The molecule has 1 aromatic rings. The van der Waals surface area contributed by atoms with Crippen molar-refractivity contribution in [3.63, 3.8) is 0 Å². The Morgan fingerprint density at radius 2 is 2.46 bits per heavy atom. The highest BCUT2D eigenvalue weighted by Crippen LogP contribution is 2.19. The van der Waals surface area contributed by atoms with Crippen LogP contribution in [0.2, 0.25) is 0 Å². The molecule has 0 spiro atoms. The highest BCUT2D eigenvalue weighted by Gasteiger charge is 1.99. The summed E-state index contributed by atoms with van der Waals surface area (Å²) < 4.78 is 4.96. The Bertz CT molecular complexity index is 366. The standard InChI is InChI=1S/C9H9N3O/c1-13-8-5-7(3-2-4-10)6-12-9(8)11/h2-3,5-6H,1H3,(H2,11,12). The zero-order valence-corrected chi connectivity index (χ0v) is 7.19. The molecule has 1 rings (SSSR count). The number of nitriles is 1. The molecule has 2 N–H and O–H groups in total. The monoisotopic (exact) mass is 175 g/mol. The molecule has 4 nitrogen and oxygen atoms in total. The van der Waals surface area contributed by atoms with Crippen molar-refractivity contribution in [1.29, 1.82) is 5.26 Å². The molecule has 4 heteroatoms. The van der Waals surface area contributed by atoms with Gasteiger partial charge < -0.3 is 10.5 Å². The van der Waals surface area contributed by atoms with Gasteiger partial charge in [-0.25, -0.2) is 4.98 Å². The number of hydrogen-bond acceptors (Lipinski definition) is 4. The van der Waals surface area contributed by atoms with Crippen LogP contribution in [0.15, 0.2) is 18.3 Å². The maximum absolute atomic E-state index is 8.30. The van der Waals surface area contributed by atoms with E-state index >= 15 is 0 Å². The number of methoxy groups -OCH3 is 1. The lowest BCUT2D eigenvalue weighted by Crippen LogP contribution is -1.95. The number of nitrogens with two attached hydrogens (primary N) is 1. The normalized spacial score (nSPS) is 9.85. The van der Waals surface area contributed by atoms with Crippen LogP contribution in [-0.2, 0) is 0 Å². The smallest absolute Gasteiger partial charge is 0.166 e. The number of nitrogen functional groups attached to an aromatic ring is 1. The molecule has 0 saturated carbocycles. The molecule has 0 bridgehead atoms. The minimum absolute atomic E-state index is 0.344. The van der Waals surface area contributed by atoms with Gasteiger partial charge in [-0.1, -0.05) is 0 Å². The first-order valence-corrected chi connectivity index (χ1v) is 3.63. The molecule has 1 aromatic heterocycles. The van der Waals surface area contributed by atoms with E-state index < -0.39 is 0 Å². The second-order valence-corrected chi connectivity index (χ2v) is 2.32. The fourth-order valence-electron chi connectivity index (χ4n) is 0.858. The first-order chi connectivity index (χ1) is 6.27. The van der Waals surface area contributed by atoms with Gasteiger partial charge in [0.1, 0.15) is 0 Å². The Labute approximate surface area is 76.3 Å². The van der Waals surface area contributed by atoms with E-state index in [2.05, 4.69) is 4.98 Å². The van der Waals surface area contributed by atoms with Gasteiger partial charge in [-0.2, -0.15) is 5.26 Å². The third kappa shape index (κ3) is 2.20. The first-order valence-electron chi connectivity index (χ1n) is 3.63. The fraction of sp³-hybridized carbons (Fsp3) is 0.111. The van der Waals surface area contributed by atoms with Gasteiger partial charge in [0.05, 0.1) is 13.2 Å². The maximum Gasteiger partial charge on any atom is 0.166 e. The van der Waals surface area contributed by atoms with Gasteiger partial charge in [0.15, 0.2) is 11.6 Å². The number of rotatable bonds is 2. The van der Waals surface area contributed by atoms with E-state index in [-0.39, 0.29) is 0 Å². The van der Waals surface area contributed by atoms with Crippen molar-refractivity contribution in [2.45, 2.75) is 0 Å². The zero-order valence-electron chi connectivity index (χ0n) is 7.19. The number of aromatic nitrogens is 1. The molecule has 66 valence electrons. The van der Waals surface area contributed by atoms with Crippen LogP contribution in [-0.4, -0.2) is 12.1 Å². The van der Waals surface area contributed by atoms with E-state index in [4.69, 9.17) is 15.7 Å². The summed E-state index contributed by atoms with van der Waals surface area (Å²) in [6, 6.07) is 3.61. The van der Waals surface area contributed by atoms with Crippen molar-refractivity contribution in [2.24, 2.45) is 0 Å². The average Bonchev–Trinajstić information content (AvgIpc) is 2.16. The van der Waals surface area contributed by atoms with Crippen molar-refractivity contribution in [1.82, 2.24) is 4.98 Å². The van der Waals surface area contributed by atoms with Crippen LogP contribution in [0.25, 0.3) is 6.08 Å². The summed E-state index contributed by atoms with van der Waals surface area (Å²) in [5.74, 6) is 0.858. The van der Waals surface area contributed by atoms with E-state index in [9.17, 15) is 0 Å². The predicted octanol–water partition coefficient (Wildman–Crippen LogP) is 1.21. The van der Waals surface area contributed by atoms with E-state index in [1.165, 1.54) is 13.2 Å². The van der Waals surface area contributed by atoms with E-state index in [1.807, 2.05) is 6.07 Å². The molecule has 0 aliphatic carbocycles. The Hall–Kier alpha value is -2.02. The summed E-state index contributed by atoms with van der Waals surface area (Å²) in [6.45, 7) is 0. The lowest BCUT2D eigenvalue weighted by Gasteiger charge is -2.02. The summed E-state index contributed by atoms with van der Waals surface area (Å²) in [4.78, 5) is 3.89. The second-order valence-electron chi connectivity index (χ2n) is 2.32. The van der Waals surface area contributed by atoms with Crippen molar-refractivity contribution in [3.05, 3.63) is 23.9 Å². The van der Waals surface area contributed by atoms with Crippen molar-refractivity contribution >= 4 is 11.9 Å². The summed E-state index contributed by atoms with van der Waals surface area (Å²) in [6.07, 6.45) is 4.58. The molecular weight excluding hydrogens is 166 g/mol. The molecule has 13 heavy (non-hydrogen) atoms. The summed E-state index contributed by atoms with van der Waals surface area (Å²) in [5.41, 5.74) is 6.29. The lowest BCUT2D eigenvalue weighted by atomic mass is 10.2. The molecule has 1 heterocycles. The second kappa shape index (κ2) is 4.12. The molecule has 0 atom stereocenters. The fourth-order valence-corrected chi connectivity index (χ4v) is 0.858. The molecule has 0 aromatic carbocycles. The summed E-state index contributed by atoms with van der Waals surface area (Å²) in [7, 11) is 1.52. The van der Waals surface area contributed by atoms with Crippen LogP contribution in [0.4, 0.5) is 5.82 Å². The Balaban J connectivity index is 3.01. The molecule has 0 saturated heterocycles. The van der Waals surface area contributed by atoms with Gasteiger partial charge in [0.2, 0.25) is 0 Å². The van der Waals surface area contributed by atoms with Crippen molar-refractivity contribution in [2.75, 3.05) is 12.8 Å². The number of ether oxygens (including phenoxy) is 1. The minimum Gasteiger partial charge on any atom is -0.493 e. The highest BCUT2D eigenvalue weighted by molar-refractivity contribution is 5.57. The highest BCUT2D eigenvalue weighted by atomic mass is 16.5. The quantitative estimate of drug-likeness (QED) is 0.685. The molecular formula is C9H9N3O. The number of allylic oxidation sites excluding steroid dienone is 1. The van der Waals surface area contributed by atoms with Crippen LogP contribution in [0.5, 0.6) is 5.75 Å². The SMILES string of the molecule is COc1cc(C=CC#N)cnc1N. The summed E-state index contributed by atoms with van der Waals surface area (Å²) in [5, 5.41) is 8.30. The number of hydrogen-bond donors (Lipinski definition) is 1. The van der Waals surface area contributed by atoms with E-state index in [0.717, 1.165) is 5.56 Å². The van der Waals surface area contributed by atoms with Gasteiger partial charge in [-0.3, -0.25) is 0 Å². The van der Waals surface area contributed by atoms with Crippen molar-refractivity contribution < 1.29 is 4.74 Å². The predicted molar refractivity (Wildman–Crippen MR) is 49.8 cm³/mol. The third-order valence-corrected chi connectivity index (χ3v) is 1.47. The molecule has 0 radical (unpaired) electrons. The number of pyridine rings is 1. The van der Waals surface area contributed by atoms with Crippen LogP contribution in [0.1, 0.15) is 5.56 Å². The van der Waals surface area contributed by atoms with Gasteiger partial charge in [-0.05, 0) is 17.7 Å². The third-order valence-electron chi connectivity index (χ3n) is 1.47. The first kappa shape index (κ1) is 9.07. The zero-order chi connectivity index (χ0) is 9.68. The Morgan fingerprint density at radius 3 is 3.08 bits per heavy atom. The molecule has 0 unspecified atom stereocenters. The molecule has 0 fully saturated rings. The molecule has 0 aliphatic rings. The van der Waals surface area contributed by atoms with Crippen LogP contribution >= 0.6 is 0 Å².